The average molecular weight is 238 g/mol. The van der Waals surface area contributed by atoms with Crippen molar-refractivity contribution in [1.82, 2.24) is 9.97 Å². The fourth-order valence-electron chi connectivity index (χ4n) is 1.13. The van der Waals surface area contributed by atoms with Gasteiger partial charge in [-0.2, -0.15) is 5.10 Å². The number of H-pyrrole nitrogens is 1. The molecule has 92 valence electrons. The number of rotatable bonds is 5. The first kappa shape index (κ1) is 12.9. The van der Waals surface area contributed by atoms with Gasteiger partial charge in [0.25, 0.3) is 5.56 Å². The van der Waals surface area contributed by atoms with E-state index in [0.29, 0.717) is 12.1 Å². The number of aryl methyl sites for hydroxylation is 1. The Labute approximate surface area is 97.6 Å². The lowest BCUT2D eigenvalue weighted by atomic mass is 10.2. The number of carboxylic acid groups (broad SMARTS) is 1. The molecule has 0 fully saturated rings. The summed E-state index contributed by atoms with van der Waals surface area (Å²) in [6.45, 7) is 3.31. The summed E-state index contributed by atoms with van der Waals surface area (Å²) in [5.41, 5.74) is 2.63. The summed E-state index contributed by atoms with van der Waals surface area (Å²) >= 11 is 0. The van der Waals surface area contributed by atoms with Crippen LogP contribution in [-0.2, 0) is 11.2 Å². The second-order valence-corrected chi connectivity index (χ2v) is 3.45. The van der Waals surface area contributed by atoms with Crippen LogP contribution in [0.1, 0.15) is 26.0 Å². The highest BCUT2D eigenvalue weighted by atomic mass is 16.4. The Morgan fingerprint density at radius 1 is 1.65 bits per heavy atom. The molecule has 0 aromatic carbocycles. The lowest BCUT2D eigenvalue weighted by molar-refractivity contribution is -0.129. The highest BCUT2D eigenvalue weighted by molar-refractivity contribution is 6.34. The molecule has 0 aliphatic carbocycles. The molecule has 7 nitrogen and oxygen atoms in total. The van der Waals surface area contributed by atoms with E-state index in [2.05, 4.69) is 20.5 Å². The molecule has 0 spiro atoms. The summed E-state index contributed by atoms with van der Waals surface area (Å²) in [5.74, 6) is -0.994. The third kappa shape index (κ3) is 4.06. The van der Waals surface area contributed by atoms with Crippen LogP contribution in [0.5, 0.6) is 0 Å². The highest BCUT2D eigenvalue weighted by Gasteiger charge is 2.03. The van der Waals surface area contributed by atoms with Crippen molar-refractivity contribution in [2.75, 3.05) is 5.43 Å². The van der Waals surface area contributed by atoms with Gasteiger partial charge in [-0.05, 0) is 13.3 Å². The first-order valence-corrected chi connectivity index (χ1v) is 5.16. The van der Waals surface area contributed by atoms with Crippen molar-refractivity contribution in [3.63, 3.8) is 0 Å². The highest BCUT2D eigenvalue weighted by Crippen LogP contribution is 2.00. The third-order valence-electron chi connectivity index (χ3n) is 1.94. The Bertz CT molecular complexity index is 493. The Hall–Kier alpha value is -2.18. The largest absolute Gasteiger partial charge is 0.477 e. The predicted molar refractivity (Wildman–Crippen MR) is 63.2 cm³/mol. The third-order valence-corrected chi connectivity index (χ3v) is 1.94. The van der Waals surface area contributed by atoms with E-state index in [1.54, 1.807) is 0 Å². The van der Waals surface area contributed by atoms with Gasteiger partial charge in [0.05, 0.1) is 0 Å². The zero-order valence-electron chi connectivity index (χ0n) is 9.65. The summed E-state index contributed by atoms with van der Waals surface area (Å²) in [6.07, 6.45) is 1.55. The van der Waals surface area contributed by atoms with Gasteiger partial charge in [-0.25, -0.2) is 15.2 Å². The van der Waals surface area contributed by atoms with Crippen LogP contribution in [0.15, 0.2) is 16.0 Å². The lowest BCUT2D eigenvalue weighted by Gasteiger charge is -2.02. The Kier molecular flexibility index (Phi) is 4.38. The topological polar surface area (TPSA) is 107 Å². The van der Waals surface area contributed by atoms with E-state index in [1.807, 2.05) is 6.92 Å². The maximum atomic E-state index is 11.3. The molecule has 0 amide bonds. The number of carboxylic acids is 1. The van der Waals surface area contributed by atoms with Crippen LogP contribution >= 0.6 is 0 Å². The SMILES string of the molecule is CCCc1cc(=O)[nH]c(NN=C(C)C(=O)O)n1. The fourth-order valence-corrected chi connectivity index (χ4v) is 1.13. The molecule has 0 saturated carbocycles. The number of anilines is 1. The van der Waals surface area contributed by atoms with E-state index in [1.165, 1.54) is 13.0 Å². The molecule has 0 radical (unpaired) electrons. The molecule has 1 aromatic rings. The van der Waals surface area contributed by atoms with Gasteiger partial charge in [-0.1, -0.05) is 13.3 Å². The minimum absolute atomic E-state index is 0.117. The average Bonchev–Trinajstić information content (AvgIpc) is 2.25. The van der Waals surface area contributed by atoms with Gasteiger partial charge in [-0.15, -0.1) is 0 Å². The first-order valence-electron chi connectivity index (χ1n) is 5.16. The Morgan fingerprint density at radius 3 is 2.94 bits per heavy atom. The van der Waals surface area contributed by atoms with Crippen molar-refractivity contribution in [3.05, 3.63) is 22.1 Å². The van der Waals surface area contributed by atoms with Gasteiger partial charge in [-0.3, -0.25) is 9.78 Å². The molecule has 0 bridgehead atoms. The summed E-state index contributed by atoms with van der Waals surface area (Å²) in [6, 6.07) is 1.41. The Balaban J connectivity index is 2.88. The molecule has 7 heteroatoms. The molecule has 1 heterocycles. The number of aromatic nitrogens is 2. The zero-order chi connectivity index (χ0) is 12.8. The fraction of sp³-hybridized carbons (Fsp3) is 0.400. The van der Waals surface area contributed by atoms with Crippen LogP contribution < -0.4 is 11.0 Å². The van der Waals surface area contributed by atoms with E-state index in [-0.39, 0.29) is 17.2 Å². The maximum Gasteiger partial charge on any atom is 0.351 e. The van der Waals surface area contributed by atoms with Gasteiger partial charge < -0.3 is 5.11 Å². The second kappa shape index (κ2) is 5.78. The van der Waals surface area contributed by atoms with Crippen LogP contribution in [0.4, 0.5) is 5.95 Å². The van der Waals surface area contributed by atoms with E-state index in [0.717, 1.165) is 6.42 Å². The number of aromatic amines is 1. The van der Waals surface area contributed by atoms with Gasteiger partial charge >= 0.3 is 5.97 Å². The molecule has 1 aromatic heterocycles. The second-order valence-electron chi connectivity index (χ2n) is 3.45. The lowest BCUT2D eigenvalue weighted by Crippen LogP contribution is -2.14. The van der Waals surface area contributed by atoms with Crippen LogP contribution in [0.2, 0.25) is 0 Å². The molecule has 0 atom stereocenters. The molecule has 0 saturated heterocycles. The van der Waals surface area contributed by atoms with E-state index in [4.69, 9.17) is 5.11 Å². The predicted octanol–water partition coefficient (Wildman–Crippen LogP) is 0.595. The van der Waals surface area contributed by atoms with Crippen molar-refractivity contribution in [2.24, 2.45) is 5.10 Å². The van der Waals surface area contributed by atoms with Crippen molar-refractivity contribution in [3.8, 4) is 0 Å². The number of hydrazone groups is 1. The number of hydrogen-bond donors (Lipinski definition) is 3. The summed E-state index contributed by atoms with van der Waals surface area (Å²) < 4.78 is 0. The van der Waals surface area contributed by atoms with Gasteiger partial charge in [0.2, 0.25) is 5.95 Å². The van der Waals surface area contributed by atoms with E-state index in [9.17, 15) is 9.59 Å². The number of carbonyl (C=O) groups is 1. The van der Waals surface area contributed by atoms with Crippen molar-refractivity contribution in [1.29, 1.82) is 0 Å². The molecule has 0 aliphatic rings. The molecule has 17 heavy (non-hydrogen) atoms. The summed E-state index contributed by atoms with van der Waals surface area (Å²) in [4.78, 5) is 28.3. The molecular weight excluding hydrogens is 224 g/mol. The minimum atomic E-state index is -1.13. The molecule has 1 rings (SSSR count). The van der Waals surface area contributed by atoms with Gasteiger partial charge in [0, 0.05) is 11.8 Å². The number of aliphatic carboxylic acids is 1. The van der Waals surface area contributed by atoms with Crippen molar-refractivity contribution < 1.29 is 9.90 Å². The molecular formula is C10H14N4O3. The van der Waals surface area contributed by atoms with Crippen LogP contribution in [0.25, 0.3) is 0 Å². The molecule has 3 N–H and O–H groups in total. The van der Waals surface area contributed by atoms with Crippen LogP contribution in [0.3, 0.4) is 0 Å². The van der Waals surface area contributed by atoms with E-state index < -0.39 is 5.97 Å². The van der Waals surface area contributed by atoms with Crippen LogP contribution in [0, 0.1) is 0 Å². The zero-order valence-corrected chi connectivity index (χ0v) is 9.65. The van der Waals surface area contributed by atoms with Gasteiger partial charge in [0.1, 0.15) is 5.71 Å². The van der Waals surface area contributed by atoms with Crippen LogP contribution in [-0.4, -0.2) is 26.8 Å². The summed E-state index contributed by atoms with van der Waals surface area (Å²) in [7, 11) is 0. The molecule has 0 aliphatic heterocycles. The standard InChI is InChI=1S/C10H14N4O3/c1-3-4-7-5-8(15)12-10(11-7)14-13-6(2)9(16)17/h5H,3-4H2,1-2H3,(H,16,17)(H2,11,12,14,15). The van der Waals surface area contributed by atoms with E-state index >= 15 is 0 Å². The number of nitrogens with zero attached hydrogens (tertiary/aromatic N) is 2. The molecule has 0 unspecified atom stereocenters. The quantitative estimate of drug-likeness (QED) is 0.514. The minimum Gasteiger partial charge on any atom is -0.477 e. The normalized spacial score (nSPS) is 11.3. The van der Waals surface area contributed by atoms with Crippen molar-refractivity contribution >= 4 is 17.6 Å². The summed E-state index contributed by atoms with van der Waals surface area (Å²) in [5, 5.41) is 12.2. The first-order chi connectivity index (χ1) is 8.02. The Morgan fingerprint density at radius 2 is 2.35 bits per heavy atom. The monoisotopic (exact) mass is 238 g/mol. The van der Waals surface area contributed by atoms with Gasteiger partial charge in [0.15, 0.2) is 0 Å². The number of nitrogens with one attached hydrogen (secondary N) is 2. The van der Waals surface area contributed by atoms with Crippen molar-refractivity contribution in [2.45, 2.75) is 26.7 Å². The smallest absolute Gasteiger partial charge is 0.351 e. The number of hydrogen-bond acceptors (Lipinski definition) is 5. The maximum absolute atomic E-state index is 11.3.